The molecular formula is C13H17N5OS. The van der Waals surface area contributed by atoms with Crippen molar-refractivity contribution in [3.05, 3.63) is 29.3 Å². The SMILES string of the molecule is CCn1nnnc1SCC(=O)Nc1cccc(C)c1C. The number of aromatic nitrogens is 4. The zero-order chi connectivity index (χ0) is 14.5. The van der Waals surface area contributed by atoms with E-state index in [1.54, 1.807) is 4.68 Å². The van der Waals surface area contributed by atoms with Crippen molar-refractivity contribution in [2.45, 2.75) is 32.5 Å². The van der Waals surface area contributed by atoms with Crippen LogP contribution >= 0.6 is 11.8 Å². The van der Waals surface area contributed by atoms with E-state index in [9.17, 15) is 4.79 Å². The zero-order valence-corrected chi connectivity index (χ0v) is 12.6. The summed E-state index contributed by atoms with van der Waals surface area (Å²) in [5.74, 6) is 0.225. The lowest BCUT2D eigenvalue weighted by atomic mass is 10.1. The highest BCUT2D eigenvalue weighted by molar-refractivity contribution is 7.99. The lowest BCUT2D eigenvalue weighted by Gasteiger charge is -2.09. The lowest BCUT2D eigenvalue weighted by molar-refractivity contribution is -0.113. The Morgan fingerprint density at radius 1 is 1.40 bits per heavy atom. The molecule has 6 nitrogen and oxygen atoms in total. The monoisotopic (exact) mass is 291 g/mol. The van der Waals surface area contributed by atoms with Gasteiger partial charge in [-0.05, 0) is 48.4 Å². The Labute approximate surface area is 121 Å². The van der Waals surface area contributed by atoms with Gasteiger partial charge >= 0.3 is 0 Å². The van der Waals surface area contributed by atoms with Crippen molar-refractivity contribution in [3.63, 3.8) is 0 Å². The van der Waals surface area contributed by atoms with Crippen molar-refractivity contribution in [2.24, 2.45) is 0 Å². The lowest BCUT2D eigenvalue weighted by Crippen LogP contribution is -2.15. The number of hydrogen-bond acceptors (Lipinski definition) is 5. The van der Waals surface area contributed by atoms with E-state index in [0.29, 0.717) is 11.7 Å². The molecule has 0 saturated heterocycles. The number of carbonyl (C=O) groups is 1. The summed E-state index contributed by atoms with van der Waals surface area (Å²) in [6.07, 6.45) is 0. The molecule has 0 fully saturated rings. The highest BCUT2D eigenvalue weighted by Crippen LogP contribution is 2.19. The number of anilines is 1. The van der Waals surface area contributed by atoms with Gasteiger partial charge in [-0.15, -0.1) is 5.10 Å². The third-order valence-electron chi connectivity index (χ3n) is 3.01. The van der Waals surface area contributed by atoms with Crippen LogP contribution in [-0.4, -0.2) is 31.9 Å². The minimum Gasteiger partial charge on any atom is -0.325 e. The average Bonchev–Trinajstić information content (AvgIpc) is 2.89. The quantitative estimate of drug-likeness (QED) is 0.853. The summed E-state index contributed by atoms with van der Waals surface area (Å²) in [5.41, 5.74) is 3.10. The van der Waals surface area contributed by atoms with Gasteiger partial charge in [0, 0.05) is 12.2 Å². The Morgan fingerprint density at radius 2 is 2.20 bits per heavy atom. The van der Waals surface area contributed by atoms with Crippen LogP contribution in [0.25, 0.3) is 0 Å². The average molecular weight is 291 g/mol. The first kappa shape index (κ1) is 14.5. The van der Waals surface area contributed by atoms with Gasteiger partial charge < -0.3 is 5.32 Å². The van der Waals surface area contributed by atoms with Gasteiger partial charge in [-0.1, -0.05) is 23.9 Å². The van der Waals surface area contributed by atoms with Crippen LogP contribution in [0.2, 0.25) is 0 Å². The minimum absolute atomic E-state index is 0.0608. The third kappa shape index (κ3) is 3.36. The molecule has 20 heavy (non-hydrogen) atoms. The normalized spacial score (nSPS) is 10.6. The second kappa shape index (κ2) is 6.51. The van der Waals surface area contributed by atoms with Crippen LogP contribution in [0, 0.1) is 13.8 Å². The molecule has 0 aliphatic carbocycles. The van der Waals surface area contributed by atoms with Gasteiger partial charge in [-0.25, -0.2) is 4.68 Å². The number of hydrogen-bond donors (Lipinski definition) is 1. The molecule has 0 unspecified atom stereocenters. The first-order valence-electron chi connectivity index (χ1n) is 6.37. The molecule has 7 heteroatoms. The Hall–Kier alpha value is -1.89. The van der Waals surface area contributed by atoms with E-state index in [1.165, 1.54) is 11.8 Å². The number of benzene rings is 1. The first-order valence-corrected chi connectivity index (χ1v) is 7.35. The molecule has 0 aliphatic heterocycles. The number of nitrogens with zero attached hydrogens (tertiary/aromatic N) is 4. The summed E-state index contributed by atoms with van der Waals surface area (Å²) < 4.78 is 1.66. The number of tetrazole rings is 1. The number of rotatable bonds is 5. The second-order valence-electron chi connectivity index (χ2n) is 4.36. The van der Waals surface area contributed by atoms with Crippen LogP contribution in [0.1, 0.15) is 18.1 Å². The molecular weight excluding hydrogens is 274 g/mol. The third-order valence-corrected chi connectivity index (χ3v) is 3.97. The highest BCUT2D eigenvalue weighted by Gasteiger charge is 2.10. The van der Waals surface area contributed by atoms with Gasteiger partial charge in [0.25, 0.3) is 0 Å². The summed E-state index contributed by atoms with van der Waals surface area (Å²) >= 11 is 1.33. The molecule has 1 aromatic carbocycles. The Balaban J connectivity index is 1.94. The van der Waals surface area contributed by atoms with E-state index in [0.717, 1.165) is 16.8 Å². The van der Waals surface area contributed by atoms with Crippen molar-refractivity contribution < 1.29 is 4.79 Å². The van der Waals surface area contributed by atoms with Crippen LogP contribution < -0.4 is 5.32 Å². The van der Waals surface area contributed by atoms with E-state index in [2.05, 4.69) is 20.8 Å². The number of carbonyl (C=O) groups excluding carboxylic acids is 1. The molecule has 0 radical (unpaired) electrons. The number of thioether (sulfide) groups is 1. The standard InChI is InChI=1S/C13H17N5OS/c1-4-18-13(15-16-17-18)20-8-12(19)14-11-7-5-6-9(2)10(11)3/h5-7H,4,8H2,1-3H3,(H,14,19). The van der Waals surface area contributed by atoms with Crippen LogP contribution in [0.15, 0.2) is 23.4 Å². The second-order valence-corrected chi connectivity index (χ2v) is 5.30. The fourth-order valence-electron chi connectivity index (χ4n) is 1.70. The van der Waals surface area contributed by atoms with Gasteiger partial charge in [-0.3, -0.25) is 4.79 Å². The summed E-state index contributed by atoms with van der Waals surface area (Å²) in [6.45, 7) is 6.66. The van der Waals surface area contributed by atoms with Gasteiger partial charge in [0.1, 0.15) is 0 Å². The van der Waals surface area contributed by atoms with E-state index in [-0.39, 0.29) is 11.7 Å². The summed E-state index contributed by atoms with van der Waals surface area (Å²) in [6, 6.07) is 5.86. The van der Waals surface area contributed by atoms with Crippen LogP contribution in [0.3, 0.4) is 0 Å². The predicted octanol–water partition coefficient (Wildman–Crippen LogP) is 2.04. The molecule has 1 aromatic heterocycles. The van der Waals surface area contributed by atoms with Crippen molar-refractivity contribution >= 4 is 23.4 Å². The maximum atomic E-state index is 12.0. The zero-order valence-electron chi connectivity index (χ0n) is 11.8. The molecule has 1 N–H and O–H groups in total. The van der Waals surface area contributed by atoms with Gasteiger partial charge in [-0.2, -0.15) is 0 Å². The van der Waals surface area contributed by atoms with Crippen LogP contribution in [-0.2, 0) is 11.3 Å². The molecule has 0 saturated carbocycles. The molecule has 0 bridgehead atoms. The minimum atomic E-state index is -0.0608. The fraction of sp³-hybridized carbons (Fsp3) is 0.385. The Bertz CT molecular complexity index is 611. The first-order chi connectivity index (χ1) is 9.61. The smallest absolute Gasteiger partial charge is 0.234 e. The number of aryl methyl sites for hydroxylation is 2. The van der Waals surface area contributed by atoms with E-state index < -0.39 is 0 Å². The number of nitrogens with one attached hydrogen (secondary N) is 1. The molecule has 1 amide bonds. The highest BCUT2D eigenvalue weighted by atomic mass is 32.2. The molecule has 0 atom stereocenters. The van der Waals surface area contributed by atoms with Gasteiger partial charge in [0.15, 0.2) is 0 Å². The molecule has 1 heterocycles. The summed E-state index contributed by atoms with van der Waals surface area (Å²) in [4.78, 5) is 12.0. The van der Waals surface area contributed by atoms with E-state index in [4.69, 9.17) is 0 Å². The largest absolute Gasteiger partial charge is 0.325 e. The van der Waals surface area contributed by atoms with E-state index in [1.807, 2.05) is 39.0 Å². The van der Waals surface area contributed by atoms with Crippen LogP contribution in [0.5, 0.6) is 0 Å². The van der Waals surface area contributed by atoms with Crippen molar-refractivity contribution in [1.29, 1.82) is 0 Å². The topological polar surface area (TPSA) is 72.7 Å². The summed E-state index contributed by atoms with van der Waals surface area (Å²) in [5, 5.41) is 14.9. The molecule has 0 aliphatic rings. The van der Waals surface area contributed by atoms with E-state index >= 15 is 0 Å². The Kier molecular flexibility index (Phi) is 4.73. The molecule has 2 aromatic rings. The van der Waals surface area contributed by atoms with Crippen molar-refractivity contribution in [2.75, 3.05) is 11.1 Å². The molecule has 0 spiro atoms. The Morgan fingerprint density at radius 3 is 2.95 bits per heavy atom. The van der Waals surface area contributed by atoms with Crippen molar-refractivity contribution in [1.82, 2.24) is 20.2 Å². The number of amides is 1. The molecule has 2 rings (SSSR count). The fourth-order valence-corrected chi connectivity index (χ4v) is 2.44. The van der Waals surface area contributed by atoms with Crippen LogP contribution in [0.4, 0.5) is 5.69 Å². The maximum absolute atomic E-state index is 12.0. The van der Waals surface area contributed by atoms with Crippen molar-refractivity contribution in [3.8, 4) is 0 Å². The van der Waals surface area contributed by atoms with Gasteiger partial charge in [0.2, 0.25) is 11.1 Å². The maximum Gasteiger partial charge on any atom is 0.234 e. The predicted molar refractivity (Wildman–Crippen MR) is 78.8 cm³/mol. The molecule has 106 valence electrons. The summed E-state index contributed by atoms with van der Waals surface area (Å²) in [7, 11) is 0. The van der Waals surface area contributed by atoms with Gasteiger partial charge in [0.05, 0.1) is 5.75 Å².